The highest BCUT2D eigenvalue weighted by molar-refractivity contribution is 7.55. The van der Waals surface area contributed by atoms with Crippen molar-refractivity contribution in [1.29, 1.82) is 0 Å². The summed E-state index contributed by atoms with van der Waals surface area (Å²) in [5.74, 6) is 0. The van der Waals surface area contributed by atoms with Crippen LogP contribution in [0.1, 0.15) is 25.8 Å². The van der Waals surface area contributed by atoms with Crippen LogP contribution < -0.4 is 0 Å². The maximum atomic E-state index is 15.6. The Morgan fingerprint density at radius 1 is 0.868 bits per heavy atom. The van der Waals surface area contributed by atoms with E-state index < -0.39 is 50.4 Å². The molecular weight excluding hydrogens is 521 g/mol. The van der Waals surface area contributed by atoms with Gasteiger partial charge in [-0.25, -0.2) is 0 Å². The number of halogens is 2. The molecule has 0 aromatic heterocycles. The Bertz CT molecular complexity index is 890. The molecule has 1 aliphatic rings. The largest absolute Gasteiger partial charge is 0.399 e. The van der Waals surface area contributed by atoms with E-state index >= 15 is 8.78 Å². The lowest BCUT2D eigenvalue weighted by atomic mass is 9.95. The van der Waals surface area contributed by atoms with Gasteiger partial charge in [0.05, 0.1) is 52.2 Å². The standard InChI is InChI=1S/C27H39F2O8P/c1-6-16-31-23-22(19-27(28,29)38(30,35-9-4)36-10-5)37-26(34-20-21-14-12-11-13-15-21)25(33-18-8-3)24(23)32-17-7-2/h6-8,11-15,22-26H,1-3,9-10,16-20H2,4-5H3/t22-,23-,24+,25-,26-/m1/s1. The summed E-state index contributed by atoms with van der Waals surface area (Å²) >= 11 is 0. The molecule has 1 aromatic rings. The average Bonchev–Trinajstić information content (AvgIpc) is 2.90. The van der Waals surface area contributed by atoms with Crippen LogP contribution in [-0.4, -0.2) is 69.4 Å². The first-order chi connectivity index (χ1) is 18.3. The molecule has 0 N–H and O–H groups in total. The minimum absolute atomic E-state index is 0.0162. The van der Waals surface area contributed by atoms with E-state index in [1.807, 2.05) is 30.3 Å². The van der Waals surface area contributed by atoms with Crippen LogP contribution in [-0.2, 0) is 43.9 Å². The molecule has 214 valence electrons. The SMILES string of the molecule is C=CCO[C@@H]1[C@@H](OCC=C)[C@H](OCc2ccccc2)O[C@H](CC(F)(F)P(=O)(OCC)OCC)[C@H]1OCC=C. The Labute approximate surface area is 224 Å². The Hall–Kier alpha value is -1.75. The van der Waals surface area contributed by atoms with Crippen LogP contribution in [0, 0.1) is 0 Å². The zero-order chi connectivity index (χ0) is 28.0. The average molecular weight is 561 g/mol. The van der Waals surface area contributed by atoms with E-state index in [9.17, 15) is 4.57 Å². The quantitative estimate of drug-likeness (QED) is 0.153. The Morgan fingerprint density at radius 3 is 1.92 bits per heavy atom. The zero-order valence-electron chi connectivity index (χ0n) is 22.0. The van der Waals surface area contributed by atoms with Crippen LogP contribution in [0.5, 0.6) is 0 Å². The van der Waals surface area contributed by atoms with Crippen molar-refractivity contribution in [3.8, 4) is 0 Å². The fourth-order valence-electron chi connectivity index (χ4n) is 3.95. The normalized spacial score (nSPS) is 24.2. The lowest BCUT2D eigenvalue weighted by molar-refractivity contribution is -0.322. The summed E-state index contributed by atoms with van der Waals surface area (Å²) < 4.78 is 84.0. The van der Waals surface area contributed by atoms with Gasteiger partial charge in [-0.15, -0.1) is 19.7 Å². The maximum Gasteiger partial charge on any atom is 0.399 e. The molecule has 1 heterocycles. The predicted molar refractivity (Wildman–Crippen MR) is 140 cm³/mol. The molecule has 1 aromatic carbocycles. The van der Waals surface area contributed by atoms with Gasteiger partial charge in [0.1, 0.15) is 18.3 Å². The van der Waals surface area contributed by atoms with E-state index in [1.165, 1.54) is 26.0 Å². The van der Waals surface area contributed by atoms with Gasteiger partial charge in [-0.05, 0) is 19.4 Å². The van der Waals surface area contributed by atoms with Gasteiger partial charge in [-0.1, -0.05) is 48.6 Å². The monoisotopic (exact) mass is 560 g/mol. The third kappa shape index (κ3) is 8.89. The lowest BCUT2D eigenvalue weighted by Crippen LogP contribution is -2.61. The molecule has 38 heavy (non-hydrogen) atoms. The molecule has 2 rings (SSSR count). The molecule has 0 unspecified atom stereocenters. The maximum absolute atomic E-state index is 15.6. The number of benzene rings is 1. The van der Waals surface area contributed by atoms with Crippen LogP contribution in [0.4, 0.5) is 8.78 Å². The molecule has 0 saturated carbocycles. The number of rotatable bonds is 19. The van der Waals surface area contributed by atoms with Crippen LogP contribution in [0.2, 0.25) is 0 Å². The highest BCUT2D eigenvalue weighted by Crippen LogP contribution is 2.64. The Balaban J connectivity index is 2.46. The minimum Gasteiger partial charge on any atom is -0.369 e. The summed E-state index contributed by atoms with van der Waals surface area (Å²) in [6, 6.07) is 9.28. The van der Waals surface area contributed by atoms with Crippen molar-refractivity contribution in [2.45, 2.75) is 63.2 Å². The van der Waals surface area contributed by atoms with E-state index in [1.54, 1.807) is 6.08 Å². The second kappa shape index (κ2) is 16.4. The van der Waals surface area contributed by atoms with Gasteiger partial charge in [0.2, 0.25) is 0 Å². The molecular formula is C27H39F2O8P. The Kier molecular flexibility index (Phi) is 14.0. The molecule has 0 spiro atoms. The second-order valence-corrected chi connectivity index (χ2v) is 10.5. The third-order valence-electron chi connectivity index (χ3n) is 5.51. The third-order valence-corrected chi connectivity index (χ3v) is 7.69. The number of alkyl halides is 2. The van der Waals surface area contributed by atoms with Gasteiger partial charge in [0.25, 0.3) is 0 Å². The van der Waals surface area contributed by atoms with Crippen molar-refractivity contribution in [2.24, 2.45) is 0 Å². The summed E-state index contributed by atoms with van der Waals surface area (Å²) in [6.45, 7) is 13.8. The van der Waals surface area contributed by atoms with E-state index in [-0.39, 0.29) is 39.6 Å². The summed E-state index contributed by atoms with van der Waals surface area (Å²) in [7, 11) is -4.83. The molecule has 5 atom stereocenters. The second-order valence-electron chi connectivity index (χ2n) is 8.30. The fourth-order valence-corrected chi connectivity index (χ4v) is 5.49. The smallest absolute Gasteiger partial charge is 0.369 e. The number of ether oxygens (including phenoxy) is 5. The van der Waals surface area contributed by atoms with Crippen molar-refractivity contribution >= 4 is 7.60 Å². The van der Waals surface area contributed by atoms with Crippen LogP contribution in [0.3, 0.4) is 0 Å². The number of hydrogen-bond donors (Lipinski definition) is 0. The molecule has 1 aliphatic heterocycles. The van der Waals surface area contributed by atoms with Crippen molar-refractivity contribution in [3.05, 3.63) is 73.9 Å². The molecule has 11 heteroatoms. The first-order valence-electron chi connectivity index (χ1n) is 12.5. The van der Waals surface area contributed by atoms with Gasteiger partial charge in [0.15, 0.2) is 6.29 Å². The highest BCUT2D eigenvalue weighted by atomic mass is 31.2. The predicted octanol–water partition coefficient (Wildman–Crippen LogP) is 5.89. The topological polar surface area (TPSA) is 81.7 Å². The molecule has 1 fully saturated rings. The zero-order valence-corrected chi connectivity index (χ0v) is 22.9. The summed E-state index contributed by atoms with van der Waals surface area (Å²) in [5, 5.41) is 0. The van der Waals surface area contributed by atoms with Gasteiger partial charge < -0.3 is 32.7 Å². The highest BCUT2D eigenvalue weighted by Gasteiger charge is 2.58. The van der Waals surface area contributed by atoms with Crippen molar-refractivity contribution < 1.29 is 46.1 Å². The van der Waals surface area contributed by atoms with Crippen molar-refractivity contribution in [3.63, 3.8) is 0 Å². The van der Waals surface area contributed by atoms with Crippen LogP contribution in [0.15, 0.2) is 68.3 Å². The van der Waals surface area contributed by atoms with Crippen LogP contribution >= 0.6 is 7.60 Å². The first-order valence-corrected chi connectivity index (χ1v) is 14.1. The molecule has 0 aliphatic carbocycles. The molecule has 0 bridgehead atoms. The summed E-state index contributed by atoms with van der Waals surface area (Å²) in [4.78, 5) is 0. The number of hydrogen-bond acceptors (Lipinski definition) is 8. The van der Waals surface area contributed by atoms with E-state index in [4.69, 9.17) is 32.7 Å². The van der Waals surface area contributed by atoms with Gasteiger partial charge in [0, 0.05) is 0 Å². The fraction of sp³-hybridized carbons (Fsp3) is 0.556. The minimum atomic E-state index is -4.83. The Morgan fingerprint density at radius 2 is 1.39 bits per heavy atom. The van der Waals surface area contributed by atoms with E-state index in [0.717, 1.165) is 5.56 Å². The molecule has 1 saturated heterocycles. The van der Waals surface area contributed by atoms with Gasteiger partial charge >= 0.3 is 13.3 Å². The lowest BCUT2D eigenvalue weighted by Gasteiger charge is -2.46. The molecule has 0 amide bonds. The van der Waals surface area contributed by atoms with E-state index in [0.29, 0.717) is 0 Å². The summed E-state index contributed by atoms with van der Waals surface area (Å²) in [5.41, 5.74) is -3.06. The summed E-state index contributed by atoms with van der Waals surface area (Å²) in [6.07, 6.45) is -1.83. The first kappa shape index (κ1) is 32.5. The van der Waals surface area contributed by atoms with Crippen LogP contribution in [0.25, 0.3) is 0 Å². The van der Waals surface area contributed by atoms with Gasteiger partial charge in [-0.2, -0.15) is 8.78 Å². The molecule has 8 nitrogen and oxygen atoms in total. The van der Waals surface area contributed by atoms with Crippen molar-refractivity contribution in [1.82, 2.24) is 0 Å². The molecule has 0 radical (unpaired) electrons. The van der Waals surface area contributed by atoms with E-state index in [2.05, 4.69) is 19.7 Å². The van der Waals surface area contributed by atoms with Crippen molar-refractivity contribution in [2.75, 3.05) is 33.0 Å². The van der Waals surface area contributed by atoms with Gasteiger partial charge in [-0.3, -0.25) is 4.57 Å².